The number of halogens is 1. The Morgan fingerprint density at radius 1 is 1.10 bits per heavy atom. The number of hydrogen-bond acceptors (Lipinski definition) is 6. The van der Waals surface area contributed by atoms with Gasteiger partial charge in [0.05, 0.1) is 4.90 Å². The second-order valence-corrected chi connectivity index (χ2v) is 9.26. The first-order chi connectivity index (χ1) is 14.0. The number of nitrogens with one attached hydrogen (secondary N) is 1. The topological polar surface area (TPSA) is 77.1 Å². The smallest absolute Gasteiger partial charge is 0.240 e. The maximum Gasteiger partial charge on any atom is 0.240 e. The van der Waals surface area contributed by atoms with Gasteiger partial charge in [0, 0.05) is 31.2 Å². The van der Waals surface area contributed by atoms with Gasteiger partial charge in [0.15, 0.2) is 11.5 Å². The molecule has 0 unspecified atom stereocenters. The van der Waals surface area contributed by atoms with E-state index in [2.05, 4.69) is 9.62 Å². The summed E-state index contributed by atoms with van der Waals surface area (Å²) >= 11 is 5.81. The van der Waals surface area contributed by atoms with Gasteiger partial charge in [-0.15, -0.1) is 0 Å². The van der Waals surface area contributed by atoms with Gasteiger partial charge in [-0.05, 0) is 42.3 Å². The van der Waals surface area contributed by atoms with Crippen LogP contribution in [0.5, 0.6) is 17.2 Å². The molecule has 0 aromatic heterocycles. The fourth-order valence-electron chi connectivity index (χ4n) is 3.36. The van der Waals surface area contributed by atoms with Crippen LogP contribution in [0.1, 0.15) is 0 Å². The van der Waals surface area contributed by atoms with E-state index >= 15 is 0 Å². The third kappa shape index (κ3) is 4.95. The van der Waals surface area contributed by atoms with Gasteiger partial charge in [0.1, 0.15) is 19.8 Å². The standard InChI is InChI=1S/C20H23ClN2O5S/c21-16-4-6-17(7-5-16)29(24,25)22-12-15-13-23(14-15)8-9-26-18-2-1-3-19-20(18)28-11-10-27-19/h1-7,15,22H,8-14H2. The lowest BCUT2D eigenvalue weighted by Gasteiger charge is -2.39. The van der Waals surface area contributed by atoms with Crippen LogP contribution >= 0.6 is 11.6 Å². The lowest BCUT2D eigenvalue weighted by molar-refractivity contribution is 0.0835. The van der Waals surface area contributed by atoms with E-state index in [9.17, 15) is 8.42 Å². The lowest BCUT2D eigenvalue weighted by Crippen LogP contribution is -2.52. The van der Waals surface area contributed by atoms with Crippen LogP contribution in [-0.2, 0) is 10.0 Å². The molecule has 0 atom stereocenters. The number of nitrogens with zero attached hydrogens (tertiary/aromatic N) is 1. The summed E-state index contributed by atoms with van der Waals surface area (Å²) in [6.07, 6.45) is 0. The van der Waals surface area contributed by atoms with Gasteiger partial charge < -0.3 is 14.2 Å². The fraction of sp³-hybridized carbons (Fsp3) is 0.400. The molecular formula is C20H23ClN2O5S. The summed E-state index contributed by atoms with van der Waals surface area (Å²) in [5, 5.41) is 0.510. The molecule has 0 amide bonds. The Balaban J connectivity index is 1.18. The number of benzene rings is 2. The molecule has 0 aliphatic carbocycles. The van der Waals surface area contributed by atoms with Crippen molar-refractivity contribution in [3.8, 4) is 17.2 Å². The minimum atomic E-state index is -3.51. The van der Waals surface area contributed by atoms with E-state index in [0.717, 1.165) is 19.6 Å². The molecule has 156 valence electrons. The van der Waals surface area contributed by atoms with E-state index in [0.29, 0.717) is 54.6 Å². The second kappa shape index (κ2) is 8.79. The number of ether oxygens (including phenoxy) is 3. The zero-order chi connectivity index (χ0) is 20.3. The number of likely N-dealkylation sites (tertiary alicyclic amines) is 1. The van der Waals surface area contributed by atoms with Crippen LogP contribution in [0.3, 0.4) is 0 Å². The predicted octanol–water partition coefficient (Wildman–Crippen LogP) is 2.40. The Hall–Kier alpha value is -2.00. The molecule has 7 nitrogen and oxygen atoms in total. The molecule has 0 saturated carbocycles. The Morgan fingerprint density at radius 3 is 2.66 bits per heavy atom. The van der Waals surface area contributed by atoms with Crippen LogP contribution in [0.4, 0.5) is 0 Å². The van der Waals surface area contributed by atoms with E-state index in [1.807, 2.05) is 18.2 Å². The summed E-state index contributed by atoms with van der Waals surface area (Å²) in [5.74, 6) is 2.36. The van der Waals surface area contributed by atoms with Crippen LogP contribution in [0, 0.1) is 5.92 Å². The summed E-state index contributed by atoms with van der Waals surface area (Å²) in [5.41, 5.74) is 0. The normalized spacial score (nSPS) is 17.0. The van der Waals surface area contributed by atoms with Crippen LogP contribution in [0.15, 0.2) is 47.4 Å². The molecule has 1 N–H and O–H groups in total. The lowest BCUT2D eigenvalue weighted by atomic mass is 10.0. The summed E-state index contributed by atoms with van der Waals surface area (Å²) < 4.78 is 44.3. The summed E-state index contributed by atoms with van der Waals surface area (Å²) in [4.78, 5) is 2.46. The molecule has 2 heterocycles. The fourth-order valence-corrected chi connectivity index (χ4v) is 4.60. The van der Waals surface area contributed by atoms with Crippen molar-refractivity contribution < 1.29 is 22.6 Å². The van der Waals surface area contributed by atoms with E-state index in [-0.39, 0.29) is 4.90 Å². The molecule has 9 heteroatoms. The van der Waals surface area contributed by atoms with E-state index in [4.69, 9.17) is 25.8 Å². The zero-order valence-corrected chi connectivity index (χ0v) is 17.4. The Morgan fingerprint density at radius 2 is 1.86 bits per heavy atom. The molecule has 2 aromatic rings. The largest absolute Gasteiger partial charge is 0.488 e. The number of para-hydroxylation sites is 1. The van der Waals surface area contributed by atoms with E-state index in [1.165, 1.54) is 12.1 Å². The zero-order valence-electron chi connectivity index (χ0n) is 15.8. The van der Waals surface area contributed by atoms with Gasteiger partial charge in [-0.2, -0.15) is 0 Å². The van der Waals surface area contributed by atoms with Gasteiger partial charge in [-0.1, -0.05) is 17.7 Å². The second-order valence-electron chi connectivity index (χ2n) is 7.06. The summed E-state index contributed by atoms with van der Waals surface area (Å²) in [6.45, 7) is 4.45. The highest BCUT2D eigenvalue weighted by Gasteiger charge is 2.28. The number of rotatable bonds is 8. The number of sulfonamides is 1. The Bertz CT molecular complexity index is 946. The van der Waals surface area contributed by atoms with Crippen molar-refractivity contribution in [3.63, 3.8) is 0 Å². The first kappa shape index (κ1) is 20.3. The van der Waals surface area contributed by atoms with Crippen LogP contribution < -0.4 is 18.9 Å². The van der Waals surface area contributed by atoms with Crippen molar-refractivity contribution in [2.45, 2.75) is 4.90 Å². The SMILES string of the molecule is O=S(=O)(NCC1CN(CCOc2cccc3c2OCCO3)C1)c1ccc(Cl)cc1. The molecule has 1 fully saturated rings. The van der Waals surface area contributed by atoms with Crippen LogP contribution in [-0.4, -0.2) is 59.3 Å². The molecule has 2 aliphatic rings. The third-order valence-corrected chi connectivity index (χ3v) is 6.61. The molecular weight excluding hydrogens is 416 g/mol. The van der Waals surface area contributed by atoms with Crippen molar-refractivity contribution in [1.82, 2.24) is 9.62 Å². The molecule has 29 heavy (non-hydrogen) atoms. The summed E-state index contributed by atoms with van der Waals surface area (Å²) in [6, 6.07) is 11.8. The highest BCUT2D eigenvalue weighted by Crippen LogP contribution is 2.38. The maximum atomic E-state index is 12.3. The molecule has 0 radical (unpaired) electrons. The molecule has 0 spiro atoms. The highest BCUT2D eigenvalue weighted by atomic mass is 35.5. The Labute approximate surface area is 175 Å². The highest BCUT2D eigenvalue weighted by molar-refractivity contribution is 7.89. The molecule has 0 bridgehead atoms. The molecule has 4 rings (SSSR count). The minimum Gasteiger partial charge on any atom is -0.488 e. The van der Waals surface area contributed by atoms with Crippen LogP contribution in [0.2, 0.25) is 5.02 Å². The Kier molecular flexibility index (Phi) is 6.15. The molecule has 2 aliphatic heterocycles. The first-order valence-electron chi connectivity index (χ1n) is 9.50. The minimum absolute atomic E-state index is 0.226. The van der Waals surface area contributed by atoms with Crippen molar-refractivity contribution in [2.75, 3.05) is 46.0 Å². The van der Waals surface area contributed by atoms with Crippen LogP contribution in [0.25, 0.3) is 0 Å². The average molecular weight is 439 g/mol. The molecule has 1 saturated heterocycles. The van der Waals surface area contributed by atoms with Gasteiger partial charge >= 0.3 is 0 Å². The van der Waals surface area contributed by atoms with Gasteiger partial charge in [-0.3, -0.25) is 4.90 Å². The van der Waals surface area contributed by atoms with Gasteiger partial charge in [0.25, 0.3) is 0 Å². The molecule has 2 aromatic carbocycles. The van der Waals surface area contributed by atoms with Crippen molar-refractivity contribution in [2.24, 2.45) is 5.92 Å². The van der Waals surface area contributed by atoms with Gasteiger partial charge in [-0.25, -0.2) is 13.1 Å². The van der Waals surface area contributed by atoms with Crippen molar-refractivity contribution >= 4 is 21.6 Å². The third-order valence-electron chi connectivity index (χ3n) is 4.91. The average Bonchev–Trinajstić information content (AvgIpc) is 2.69. The maximum absolute atomic E-state index is 12.3. The van der Waals surface area contributed by atoms with E-state index in [1.54, 1.807) is 12.1 Å². The summed E-state index contributed by atoms with van der Waals surface area (Å²) in [7, 11) is -3.51. The number of hydrogen-bond donors (Lipinski definition) is 1. The first-order valence-corrected chi connectivity index (χ1v) is 11.4. The van der Waals surface area contributed by atoms with E-state index < -0.39 is 10.0 Å². The quantitative estimate of drug-likeness (QED) is 0.682. The van der Waals surface area contributed by atoms with Crippen molar-refractivity contribution in [1.29, 1.82) is 0 Å². The van der Waals surface area contributed by atoms with Gasteiger partial charge in [0.2, 0.25) is 15.8 Å². The number of fused-ring (bicyclic) bond motifs is 1. The monoisotopic (exact) mass is 438 g/mol. The predicted molar refractivity (Wildman–Crippen MR) is 109 cm³/mol. The van der Waals surface area contributed by atoms with Crippen molar-refractivity contribution in [3.05, 3.63) is 47.5 Å².